The number of hydrogen-bond acceptors (Lipinski definition) is 5. The molecule has 6 heteroatoms. The molecule has 1 radical (unpaired) electrons. The van der Waals surface area contributed by atoms with Gasteiger partial charge in [-0.3, -0.25) is 9.78 Å². The molecular weight excluding hydrogens is 789 g/mol. The van der Waals surface area contributed by atoms with Crippen molar-refractivity contribution in [3.05, 3.63) is 94.9 Å². The Morgan fingerprint density at radius 1 is 0.917 bits per heavy atom. The number of thiazole rings is 1. The van der Waals surface area contributed by atoms with Crippen LogP contribution in [-0.2, 0) is 30.3 Å². The van der Waals surface area contributed by atoms with Crippen LogP contribution in [0.5, 0.6) is 0 Å². The van der Waals surface area contributed by atoms with Crippen LogP contribution in [0, 0.1) is 38.7 Å². The fraction of sp³-hybridized carbons (Fsp3) is 0.405. The summed E-state index contributed by atoms with van der Waals surface area (Å²) in [6.07, 6.45) is 6.78. The van der Waals surface area contributed by atoms with Gasteiger partial charge in [0.2, 0.25) is 0 Å². The number of aliphatic hydroxyl groups excluding tert-OH is 1. The van der Waals surface area contributed by atoms with Gasteiger partial charge < -0.3 is 5.11 Å². The van der Waals surface area contributed by atoms with Crippen molar-refractivity contribution in [2.75, 3.05) is 0 Å². The summed E-state index contributed by atoms with van der Waals surface area (Å²) in [6.45, 7) is 21.4. The number of benzene rings is 3. The van der Waals surface area contributed by atoms with E-state index in [1.165, 1.54) is 39.3 Å². The van der Waals surface area contributed by atoms with Crippen molar-refractivity contribution in [3.63, 3.8) is 0 Å². The molecule has 5 aromatic rings. The zero-order valence-corrected chi connectivity index (χ0v) is 33.5. The first-order chi connectivity index (χ1) is 22.3. The van der Waals surface area contributed by atoms with E-state index in [0.717, 1.165) is 57.6 Å². The first-order valence-electron chi connectivity index (χ1n) is 17.1. The second-order valence-corrected chi connectivity index (χ2v) is 14.7. The molecule has 0 amide bonds. The number of hydrogen-bond donors (Lipinski definition) is 1. The number of aryl methyl sites for hydroxylation is 3. The van der Waals surface area contributed by atoms with E-state index < -0.39 is 0 Å². The van der Waals surface area contributed by atoms with Crippen molar-refractivity contribution in [1.29, 1.82) is 0 Å². The van der Waals surface area contributed by atoms with E-state index in [4.69, 9.17) is 9.97 Å². The molecule has 1 N–H and O–H groups in total. The second-order valence-electron chi connectivity index (χ2n) is 13.7. The maximum atomic E-state index is 11.7. The van der Waals surface area contributed by atoms with Crippen LogP contribution in [0.15, 0.2) is 66.6 Å². The first kappa shape index (κ1) is 39.3. The van der Waals surface area contributed by atoms with Crippen molar-refractivity contribution < 1.29 is 30.0 Å². The number of pyridine rings is 1. The van der Waals surface area contributed by atoms with Gasteiger partial charge in [-0.05, 0) is 69.1 Å². The topological polar surface area (TPSA) is 63.1 Å². The van der Waals surface area contributed by atoms with E-state index in [2.05, 4.69) is 90.1 Å². The fourth-order valence-electron chi connectivity index (χ4n) is 6.43. The van der Waals surface area contributed by atoms with E-state index in [1.807, 2.05) is 40.0 Å². The van der Waals surface area contributed by atoms with Gasteiger partial charge in [-0.2, -0.15) is 0 Å². The van der Waals surface area contributed by atoms with Gasteiger partial charge in [0.1, 0.15) is 5.01 Å². The summed E-state index contributed by atoms with van der Waals surface area (Å²) < 4.78 is 1.12. The number of allylic oxidation sites excluding steroid dienone is 2. The average molecular weight is 840 g/mol. The van der Waals surface area contributed by atoms with Crippen molar-refractivity contribution in [2.45, 2.75) is 100 Å². The monoisotopic (exact) mass is 840 g/mol. The minimum atomic E-state index is 0. The van der Waals surface area contributed by atoms with Crippen LogP contribution in [0.1, 0.15) is 96.4 Å². The first-order valence-corrected chi connectivity index (χ1v) is 17.9. The summed E-state index contributed by atoms with van der Waals surface area (Å²) in [5.41, 5.74) is 9.38. The van der Waals surface area contributed by atoms with E-state index in [1.54, 1.807) is 11.3 Å². The summed E-state index contributed by atoms with van der Waals surface area (Å²) in [4.78, 5) is 21.5. The van der Waals surface area contributed by atoms with Gasteiger partial charge in [0.25, 0.3) is 0 Å². The summed E-state index contributed by atoms with van der Waals surface area (Å²) in [6, 6.07) is 20.9. The number of carbonyl (C=O) groups is 1. The Balaban J connectivity index is 0.000000334. The molecule has 257 valence electrons. The number of carbonyl (C=O) groups excluding carboxylic acids is 1. The Hall–Kier alpha value is -3.18. The van der Waals surface area contributed by atoms with Gasteiger partial charge in [0.15, 0.2) is 5.78 Å². The average Bonchev–Trinajstić information content (AvgIpc) is 3.45. The smallest absolute Gasteiger partial charge is 0.162 e. The third-order valence-electron chi connectivity index (χ3n) is 9.12. The summed E-state index contributed by atoms with van der Waals surface area (Å²) in [7, 11) is 0. The third kappa shape index (κ3) is 8.88. The molecule has 0 aliphatic rings. The Labute approximate surface area is 305 Å². The van der Waals surface area contributed by atoms with Crippen molar-refractivity contribution in [3.8, 4) is 21.8 Å². The molecular formula is C42H51IrN2O2S-. The normalized spacial score (nSPS) is 12.0. The van der Waals surface area contributed by atoms with Gasteiger partial charge in [-0.1, -0.05) is 95.3 Å². The molecule has 0 fully saturated rings. The molecule has 0 aliphatic carbocycles. The molecule has 0 spiro atoms. The Bertz CT molecular complexity index is 1870. The number of aliphatic hydroxyl groups is 1. The molecule has 2 heterocycles. The van der Waals surface area contributed by atoms with Crippen LogP contribution >= 0.6 is 11.3 Å². The predicted molar refractivity (Wildman–Crippen MR) is 201 cm³/mol. The van der Waals surface area contributed by atoms with Gasteiger partial charge >= 0.3 is 0 Å². The van der Waals surface area contributed by atoms with Gasteiger partial charge in [0, 0.05) is 60.2 Å². The molecule has 3 aromatic carbocycles. The summed E-state index contributed by atoms with van der Waals surface area (Å²) in [5, 5.41) is 13.2. The SMILES string of the molecule is CCC(CC)C(=O)/C=C(\O)C(CC)CC.Cc1cc(C)c(-c2nc3ccnc(-c4[c-]c5ccccc5c(C(C)(C)C)c4)c3s2)c(C)c1.[Ir]. The van der Waals surface area contributed by atoms with E-state index in [0.29, 0.717) is 0 Å². The van der Waals surface area contributed by atoms with Crippen LogP contribution in [0.25, 0.3) is 42.8 Å². The van der Waals surface area contributed by atoms with Crippen LogP contribution in [0.3, 0.4) is 0 Å². The van der Waals surface area contributed by atoms with Crippen LogP contribution in [-0.4, -0.2) is 20.9 Å². The van der Waals surface area contributed by atoms with Crippen LogP contribution < -0.4 is 0 Å². The number of nitrogens with zero attached hydrogens (tertiary/aromatic N) is 2. The number of rotatable bonds is 9. The second kappa shape index (κ2) is 17.0. The van der Waals surface area contributed by atoms with Crippen molar-refractivity contribution in [1.82, 2.24) is 9.97 Å². The molecule has 4 nitrogen and oxygen atoms in total. The molecule has 0 bridgehead atoms. The molecule has 0 aliphatic heterocycles. The van der Waals surface area contributed by atoms with Crippen molar-refractivity contribution in [2.24, 2.45) is 11.8 Å². The molecule has 0 unspecified atom stereocenters. The third-order valence-corrected chi connectivity index (χ3v) is 10.2. The number of fused-ring (bicyclic) bond motifs is 2. The summed E-state index contributed by atoms with van der Waals surface area (Å²) >= 11 is 1.73. The zero-order valence-electron chi connectivity index (χ0n) is 30.2. The maximum Gasteiger partial charge on any atom is 0.162 e. The standard InChI is InChI=1S/C29H27N2S.C13H24O2.Ir/c1-17-13-18(2)25(19(3)14-17)28-31-24-11-12-30-26(27(24)32-28)21-15-20-9-7-8-10-22(20)23(16-21)29(4,5)6;1-5-10(6-2)12(14)9-13(15)11(7-3)8-4;/h7-14,16H,1-6H3;9-11,14H,5-8H2,1-4H3;/q-1;;/b;12-9-;. The van der Waals surface area contributed by atoms with Gasteiger partial charge in [0.05, 0.1) is 11.3 Å². The minimum Gasteiger partial charge on any atom is -0.512 e. The number of ketones is 1. The van der Waals surface area contributed by atoms with Crippen LogP contribution in [0.2, 0.25) is 0 Å². The largest absolute Gasteiger partial charge is 0.512 e. The molecule has 0 saturated carbocycles. The van der Waals surface area contributed by atoms with E-state index in [-0.39, 0.29) is 48.9 Å². The quantitative estimate of drug-likeness (QED) is 0.0912. The Morgan fingerprint density at radius 2 is 1.52 bits per heavy atom. The van der Waals surface area contributed by atoms with Crippen molar-refractivity contribution >= 4 is 38.1 Å². The van der Waals surface area contributed by atoms with E-state index in [9.17, 15) is 9.90 Å². The Morgan fingerprint density at radius 3 is 2.10 bits per heavy atom. The fourth-order valence-corrected chi connectivity index (χ4v) is 7.67. The Kier molecular flexibility index (Phi) is 13.9. The van der Waals surface area contributed by atoms with Gasteiger partial charge in [-0.25, -0.2) is 4.98 Å². The summed E-state index contributed by atoms with van der Waals surface area (Å²) in [5.74, 6) is 0.547. The van der Waals surface area contributed by atoms with E-state index >= 15 is 0 Å². The molecule has 5 rings (SSSR count). The number of aromatic nitrogens is 2. The molecule has 0 saturated heterocycles. The molecule has 0 atom stereocenters. The minimum absolute atomic E-state index is 0. The zero-order chi connectivity index (χ0) is 34.5. The molecule has 2 aromatic heterocycles. The maximum absolute atomic E-state index is 11.7. The van der Waals surface area contributed by atoms with Gasteiger partial charge in [-0.15, -0.1) is 40.5 Å². The predicted octanol–water partition coefficient (Wildman–Crippen LogP) is 12.1. The molecule has 48 heavy (non-hydrogen) atoms. The van der Waals surface area contributed by atoms with Crippen LogP contribution in [0.4, 0.5) is 0 Å².